The van der Waals surface area contributed by atoms with E-state index in [2.05, 4.69) is 26.0 Å². The first-order chi connectivity index (χ1) is 15.9. The summed E-state index contributed by atoms with van der Waals surface area (Å²) in [7, 11) is 0. The van der Waals surface area contributed by atoms with Crippen LogP contribution in [0.3, 0.4) is 0 Å². The van der Waals surface area contributed by atoms with Gasteiger partial charge in [0.05, 0.1) is 28.0 Å². The van der Waals surface area contributed by atoms with Gasteiger partial charge in [-0.05, 0) is 59.8 Å². The maximum Gasteiger partial charge on any atom is 0.306 e. The molecule has 1 fully saturated rings. The number of pyridine rings is 1. The Morgan fingerprint density at radius 1 is 1.09 bits per heavy atom. The molecule has 168 valence electrons. The van der Waals surface area contributed by atoms with Crippen LogP contribution < -0.4 is 5.73 Å². The fourth-order valence-electron chi connectivity index (χ4n) is 4.48. The first kappa shape index (κ1) is 21.5. The Morgan fingerprint density at radius 3 is 2.52 bits per heavy atom. The van der Waals surface area contributed by atoms with Gasteiger partial charge >= 0.3 is 5.97 Å². The molecule has 1 aliphatic rings. The van der Waals surface area contributed by atoms with Crippen LogP contribution in [-0.4, -0.2) is 30.7 Å². The second kappa shape index (κ2) is 8.55. The molecule has 3 heterocycles. The van der Waals surface area contributed by atoms with E-state index in [-0.39, 0.29) is 17.7 Å². The number of nitrogens with zero attached hydrogens (tertiary/aromatic N) is 4. The Morgan fingerprint density at radius 2 is 1.85 bits per heavy atom. The second-order valence-electron chi connectivity index (χ2n) is 8.29. The summed E-state index contributed by atoms with van der Waals surface area (Å²) in [5, 5.41) is 13.7. The van der Waals surface area contributed by atoms with E-state index in [1.54, 1.807) is 41.2 Å². The number of carbonyl (C=O) groups is 1. The second-order valence-corrected chi connectivity index (χ2v) is 9.08. The molecule has 7 nitrogen and oxygen atoms in total. The standard InChI is InChI=1S/C24H21BrFN5O2/c25-20-21(13-5-7-14(8-6-13)24(32)33)30-23-17(12-29-31(23)22(20)27)15-9-10-19(28-11-15)16-3-1-2-4-18(16)26/h1-4,9-14H,5-8,27H2,(H,32,33). The molecule has 9 heteroatoms. The van der Waals surface area contributed by atoms with Gasteiger partial charge in [0.1, 0.15) is 11.6 Å². The normalized spacial score (nSPS) is 18.5. The fourth-order valence-corrected chi connectivity index (χ4v) is 5.06. The summed E-state index contributed by atoms with van der Waals surface area (Å²) in [6.45, 7) is 0. The van der Waals surface area contributed by atoms with Crippen LogP contribution in [0.4, 0.5) is 10.2 Å². The van der Waals surface area contributed by atoms with Crippen molar-refractivity contribution in [3.8, 4) is 22.4 Å². The van der Waals surface area contributed by atoms with Gasteiger partial charge < -0.3 is 10.8 Å². The van der Waals surface area contributed by atoms with Crippen LogP contribution >= 0.6 is 15.9 Å². The molecule has 0 aliphatic heterocycles. The molecule has 0 saturated heterocycles. The molecule has 1 aromatic carbocycles. The van der Waals surface area contributed by atoms with E-state index in [4.69, 9.17) is 10.7 Å². The molecule has 0 bridgehead atoms. The van der Waals surface area contributed by atoms with Crippen LogP contribution in [-0.2, 0) is 4.79 Å². The topological polar surface area (TPSA) is 106 Å². The van der Waals surface area contributed by atoms with Crippen LogP contribution in [0.15, 0.2) is 53.3 Å². The third-order valence-corrected chi connectivity index (χ3v) is 7.15. The summed E-state index contributed by atoms with van der Waals surface area (Å²) in [6, 6.07) is 10.2. The van der Waals surface area contributed by atoms with Gasteiger partial charge in [0.15, 0.2) is 5.65 Å². The van der Waals surface area contributed by atoms with Crippen molar-refractivity contribution >= 4 is 33.4 Å². The largest absolute Gasteiger partial charge is 0.481 e. The number of rotatable bonds is 4. The van der Waals surface area contributed by atoms with Gasteiger partial charge in [-0.3, -0.25) is 9.78 Å². The quantitative estimate of drug-likeness (QED) is 0.386. The predicted octanol–water partition coefficient (Wildman–Crippen LogP) is 5.30. The van der Waals surface area contributed by atoms with Gasteiger partial charge in [0, 0.05) is 28.8 Å². The lowest BCUT2D eigenvalue weighted by Crippen LogP contribution is -2.21. The molecule has 33 heavy (non-hydrogen) atoms. The number of fused-ring (bicyclic) bond motifs is 1. The number of aliphatic carboxylic acids is 1. The summed E-state index contributed by atoms with van der Waals surface area (Å²) >= 11 is 3.58. The first-order valence-electron chi connectivity index (χ1n) is 10.7. The zero-order valence-corrected chi connectivity index (χ0v) is 19.2. The van der Waals surface area contributed by atoms with E-state index in [9.17, 15) is 14.3 Å². The van der Waals surface area contributed by atoms with Crippen LogP contribution in [0, 0.1) is 11.7 Å². The van der Waals surface area contributed by atoms with Crippen LogP contribution in [0.25, 0.3) is 28.0 Å². The Hall–Kier alpha value is -3.33. The number of benzene rings is 1. The number of aromatic nitrogens is 4. The summed E-state index contributed by atoms with van der Waals surface area (Å²) in [4.78, 5) is 20.7. The van der Waals surface area contributed by atoms with Gasteiger partial charge in [0.2, 0.25) is 0 Å². The van der Waals surface area contributed by atoms with Crippen molar-refractivity contribution < 1.29 is 14.3 Å². The average Bonchev–Trinajstić information content (AvgIpc) is 3.26. The number of hydrogen-bond donors (Lipinski definition) is 2. The zero-order valence-electron chi connectivity index (χ0n) is 17.6. The highest BCUT2D eigenvalue weighted by molar-refractivity contribution is 9.10. The summed E-state index contributed by atoms with van der Waals surface area (Å²) in [5.74, 6) is -0.801. The van der Waals surface area contributed by atoms with Crippen molar-refractivity contribution in [2.24, 2.45) is 5.92 Å². The molecule has 5 rings (SSSR count). The average molecular weight is 510 g/mol. The van der Waals surface area contributed by atoms with Crippen molar-refractivity contribution in [1.29, 1.82) is 0 Å². The third kappa shape index (κ3) is 3.86. The smallest absolute Gasteiger partial charge is 0.306 e. The molecule has 0 atom stereocenters. The molecule has 0 amide bonds. The molecule has 3 aromatic heterocycles. The van der Waals surface area contributed by atoms with Crippen LogP contribution in [0.5, 0.6) is 0 Å². The molecule has 1 aliphatic carbocycles. The number of hydrogen-bond acceptors (Lipinski definition) is 5. The first-order valence-corrected chi connectivity index (χ1v) is 11.5. The van der Waals surface area contributed by atoms with Gasteiger partial charge in [-0.2, -0.15) is 9.61 Å². The van der Waals surface area contributed by atoms with E-state index in [0.29, 0.717) is 40.0 Å². The molecular formula is C24H21BrFN5O2. The fraction of sp³-hybridized carbons (Fsp3) is 0.250. The van der Waals surface area contributed by atoms with E-state index in [0.717, 1.165) is 29.7 Å². The maximum absolute atomic E-state index is 14.1. The van der Waals surface area contributed by atoms with E-state index in [1.165, 1.54) is 6.07 Å². The zero-order chi connectivity index (χ0) is 23.1. The molecule has 1 saturated carbocycles. The van der Waals surface area contributed by atoms with Crippen molar-refractivity contribution in [3.63, 3.8) is 0 Å². The Balaban J connectivity index is 1.51. The lowest BCUT2D eigenvalue weighted by Gasteiger charge is -2.26. The van der Waals surface area contributed by atoms with Crippen LogP contribution in [0.1, 0.15) is 37.3 Å². The number of anilines is 1. The number of nitrogen functional groups attached to an aromatic ring is 1. The highest BCUT2D eigenvalue weighted by Crippen LogP contribution is 2.40. The highest BCUT2D eigenvalue weighted by atomic mass is 79.9. The number of carboxylic acid groups (broad SMARTS) is 1. The number of nitrogens with two attached hydrogens (primary N) is 1. The molecule has 0 unspecified atom stereocenters. The van der Waals surface area contributed by atoms with Crippen molar-refractivity contribution in [3.05, 3.63) is 64.8 Å². The highest BCUT2D eigenvalue weighted by Gasteiger charge is 2.30. The van der Waals surface area contributed by atoms with Gasteiger partial charge in [-0.1, -0.05) is 18.2 Å². The Bertz CT molecular complexity index is 1350. The molecular weight excluding hydrogens is 489 g/mol. The predicted molar refractivity (Wildman–Crippen MR) is 126 cm³/mol. The lowest BCUT2D eigenvalue weighted by atomic mass is 9.80. The van der Waals surface area contributed by atoms with Crippen molar-refractivity contribution in [2.75, 3.05) is 5.73 Å². The molecule has 4 aromatic rings. The van der Waals surface area contributed by atoms with E-state index in [1.807, 2.05) is 6.07 Å². The minimum atomic E-state index is -0.736. The van der Waals surface area contributed by atoms with Gasteiger partial charge in [-0.15, -0.1) is 0 Å². The van der Waals surface area contributed by atoms with E-state index >= 15 is 0 Å². The lowest BCUT2D eigenvalue weighted by molar-refractivity contribution is -0.142. The third-order valence-electron chi connectivity index (χ3n) is 6.34. The minimum Gasteiger partial charge on any atom is -0.481 e. The minimum absolute atomic E-state index is 0.117. The number of carboxylic acids is 1. The molecule has 0 spiro atoms. The van der Waals surface area contributed by atoms with Crippen LogP contribution in [0.2, 0.25) is 0 Å². The number of halogens is 2. The molecule has 0 radical (unpaired) electrons. The van der Waals surface area contributed by atoms with Gasteiger partial charge in [0.25, 0.3) is 0 Å². The monoisotopic (exact) mass is 509 g/mol. The Labute approximate surface area is 197 Å². The van der Waals surface area contributed by atoms with Gasteiger partial charge in [-0.25, -0.2) is 9.37 Å². The summed E-state index contributed by atoms with van der Waals surface area (Å²) in [6.07, 6.45) is 6.08. The SMILES string of the molecule is Nc1c(Br)c(C2CCC(C(=O)O)CC2)nc2c(-c3ccc(-c4ccccc4F)nc3)cnn12. The summed E-state index contributed by atoms with van der Waals surface area (Å²) < 4.78 is 16.4. The maximum atomic E-state index is 14.1. The molecule has 3 N–H and O–H groups in total. The Kier molecular flexibility index (Phi) is 5.57. The van der Waals surface area contributed by atoms with Crippen molar-refractivity contribution in [2.45, 2.75) is 31.6 Å². The summed E-state index contributed by atoms with van der Waals surface area (Å²) in [5.41, 5.74) is 10.3. The van der Waals surface area contributed by atoms with Crippen molar-refractivity contribution in [1.82, 2.24) is 19.6 Å². The van der Waals surface area contributed by atoms with E-state index < -0.39 is 5.97 Å².